The van der Waals surface area contributed by atoms with Crippen LogP contribution in [0.5, 0.6) is 0 Å². The molecule has 3 heteroatoms. The number of rotatable bonds is 4. The van der Waals surface area contributed by atoms with Crippen LogP contribution in [-0.4, -0.2) is 12.0 Å². The van der Waals surface area contributed by atoms with E-state index in [0.717, 1.165) is 17.5 Å². The minimum absolute atomic E-state index is 0.834. The molecule has 1 saturated carbocycles. The molecule has 0 spiro atoms. The van der Waals surface area contributed by atoms with E-state index in [-0.39, 0.29) is 0 Å². The van der Waals surface area contributed by atoms with E-state index < -0.39 is 0 Å². The second kappa shape index (κ2) is 4.59. The first-order valence-corrected chi connectivity index (χ1v) is 6.88. The SMILES string of the molecule is CNCc1cnc(-c2ccc(C3CC3)cc2)s1. The van der Waals surface area contributed by atoms with E-state index in [0.29, 0.717) is 0 Å². The Kier molecular flexibility index (Phi) is 2.95. The summed E-state index contributed by atoms with van der Waals surface area (Å²) in [5.74, 6) is 0.834. The topological polar surface area (TPSA) is 24.9 Å². The van der Waals surface area contributed by atoms with Gasteiger partial charge < -0.3 is 5.32 Å². The Morgan fingerprint density at radius 2 is 2.06 bits per heavy atom. The van der Waals surface area contributed by atoms with Gasteiger partial charge in [-0.2, -0.15) is 0 Å². The molecule has 0 aliphatic heterocycles. The molecule has 2 aromatic rings. The maximum Gasteiger partial charge on any atom is 0.123 e. The minimum atomic E-state index is 0.834. The van der Waals surface area contributed by atoms with Crippen LogP contribution in [0.2, 0.25) is 0 Å². The van der Waals surface area contributed by atoms with Gasteiger partial charge in [-0.15, -0.1) is 11.3 Å². The third kappa shape index (κ3) is 2.40. The smallest absolute Gasteiger partial charge is 0.123 e. The standard InChI is InChI=1S/C14H16N2S/c1-15-8-13-9-16-14(17-13)12-6-4-11(5-7-12)10-2-3-10/h4-7,9-10,15H,2-3,8H2,1H3. The summed E-state index contributed by atoms with van der Waals surface area (Å²) in [7, 11) is 1.96. The lowest BCUT2D eigenvalue weighted by molar-refractivity contribution is 0.829. The van der Waals surface area contributed by atoms with Gasteiger partial charge in [-0.3, -0.25) is 0 Å². The Morgan fingerprint density at radius 3 is 2.71 bits per heavy atom. The molecule has 1 N–H and O–H groups in total. The third-order valence-corrected chi connectivity index (χ3v) is 4.16. The predicted octanol–water partition coefficient (Wildman–Crippen LogP) is 3.41. The number of hydrogen-bond donors (Lipinski definition) is 1. The molecule has 88 valence electrons. The van der Waals surface area contributed by atoms with Gasteiger partial charge in [-0.05, 0) is 31.4 Å². The quantitative estimate of drug-likeness (QED) is 0.891. The van der Waals surface area contributed by atoms with Gasteiger partial charge in [-0.25, -0.2) is 4.98 Å². The molecular weight excluding hydrogens is 228 g/mol. The summed E-state index contributed by atoms with van der Waals surface area (Å²) in [6.45, 7) is 0.901. The van der Waals surface area contributed by atoms with Crippen molar-refractivity contribution in [1.29, 1.82) is 0 Å². The highest BCUT2D eigenvalue weighted by Crippen LogP contribution is 2.40. The first-order chi connectivity index (χ1) is 8.36. The zero-order valence-electron chi connectivity index (χ0n) is 9.94. The van der Waals surface area contributed by atoms with E-state index >= 15 is 0 Å². The van der Waals surface area contributed by atoms with Gasteiger partial charge in [0.2, 0.25) is 0 Å². The molecule has 0 saturated heterocycles. The zero-order chi connectivity index (χ0) is 11.7. The Morgan fingerprint density at radius 1 is 1.29 bits per heavy atom. The molecule has 0 amide bonds. The molecule has 1 aromatic carbocycles. The molecule has 2 nitrogen and oxygen atoms in total. The van der Waals surface area contributed by atoms with Gasteiger partial charge in [0.25, 0.3) is 0 Å². The zero-order valence-corrected chi connectivity index (χ0v) is 10.8. The van der Waals surface area contributed by atoms with Crippen LogP contribution >= 0.6 is 11.3 Å². The average Bonchev–Trinajstić information content (AvgIpc) is 3.11. The van der Waals surface area contributed by atoms with E-state index in [1.165, 1.54) is 28.8 Å². The van der Waals surface area contributed by atoms with Crippen molar-refractivity contribution in [2.45, 2.75) is 25.3 Å². The molecule has 1 aliphatic rings. The van der Waals surface area contributed by atoms with Gasteiger partial charge >= 0.3 is 0 Å². The monoisotopic (exact) mass is 244 g/mol. The summed E-state index contributed by atoms with van der Waals surface area (Å²) >= 11 is 1.77. The second-order valence-corrected chi connectivity index (χ2v) is 5.67. The number of thiazole rings is 1. The summed E-state index contributed by atoms with van der Waals surface area (Å²) in [5, 5.41) is 4.27. The van der Waals surface area contributed by atoms with Crippen LogP contribution in [0.4, 0.5) is 0 Å². The van der Waals surface area contributed by atoms with Gasteiger partial charge in [0, 0.05) is 23.2 Å². The molecule has 1 fully saturated rings. The van der Waals surface area contributed by atoms with Gasteiger partial charge in [-0.1, -0.05) is 24.3 Å². The summed E-state index contributed by atoms with van der Waals surface area (Å²) in [6.07, 6.45) is 4.69. The maximum atomic E-state index is 4.47. The molecule has 0 atom stereocenters. The molecule has 0 unspecified atom stereocenters. The number of nitrogens with one attached hydrogen (secondary N) is 1. The first-order valence-electron chi connectivity index (χ1n) is 6.06. The Hall–Kier alpha value is -1.19. The fraction of sp³-hybridized carbons (Fsp3) is 0.357. The van der Waals surface area contributed by atoms with E-state index in [1.54, 1.807) is 11.3 Å². The highest BCUT2D eigenvalue weighted by molar-refractivity contribution is 7.15. The van der Waals surface area contributed by atoms with Crippen LogP contribution in [0, 0.1) is 0 Å². The number of aromatic nitrogens is 1. The van der Waals surface area contributed by atoms with Crippen molar-refractivity contribution in [2.75, 3.05) is 7.05 Å². The molecule has 0 bridgehead atoms. The van der Waals surface area contributed by atoms with Crippen molar-refractivity contribution in [3.8, 4) is 10.6 Å². The van der Waals surface area contributed by atoms with E-state index in [1.807, 2.05) is 13.2 Å². The van der Waals surface area contributed by atoms with Crippen LogP contribution < -0.4 is 5.32 Å². The van der Waals surface area contributed by atoms with Crippen LogP contribution in [0.3, 0.4) is 0 Å². The molecule has 1 aromatic heterocycles. The Labute approximate surface area is 106 Å². The van der Waals surface area contributed by atoms with Crippen molar-refractivity contribution >= 4 is 11.3 Å². The molecule has 1 heterocycles. The van der Waals surface area contributed by atoms with Crippen LogP contribution in [0.1, 0.15) is 29.2 Å². The van der Waals surface area contributed by atoms with E-state index in [9.17, 15) is 0 Å². The lowest BCUT2D eigenvalue weighted by Gasteiger charge is -1.99. The molecule has 3 rings (SSSR count). The Bertz CT molecular complexity index is 497. The normalized spacial score (nSPS) is 15.1. The predicted molar refractivity (Wildman–Crippen MR) is 72.3 cm³/mol. The fourth-order valence-electron chi connectivity index (χ4n) is 2.01. The van der Waals surface area contributed by atoms with Gasteiger partial charge in [0.15, 0.2) is 0 Å². The first kappa shape index (κ1) is 10.9. The van der Waals surface area contributed by atoms with Gasteiger partial charge in [0.05, 0.1) is 0 Å². The number of benzene rings is 1. The van der Waals surface area contributed by atoms with Gasteiger partial charge in [0.1, 0.15) is 5.01 Å². The summed E-state index contributed by atoms with van der Waals surface area (Å²) in [5.41, 5.74) is 2.72. The van der Waals surface area contributed by atoms with Crippen molar-refractivity contribution in [1.82, 2.24) is 10.3 Å². The van der Waals surface area contributed by atoms with Crippen LogP contribution in [0.15, 0.2) is 30.5 Å². The maximum absolute atomic E-state index is 4.47. The van der Waals surface area contributed by atoms with Crippen molar-refractivity contribution < 1.29 is 0 Å². The van der Waals surface area contributed by atoms with E-state index in [2.05, 4.69) is 34.6 Å². The average molecular weight is 244 g/mol. The van der Waals surface area contributed by atoms with Crippen molar-refractivity contribution in [3.63, 3.8) is 0 Å². The lowest BCUT2D eigenvalue weighted by Crippen LogP contribution is -2.02. The lowest BCUT2D eigenvalue weighted by atomic mass is 10.1. The number of nitrogens with zero attached hydrogens (tertiary/aromatic N) is 1. The highest BCUT2D eigenvalue weighted by Gasteiger charge is 2.23. The molecular formula is C14H16N2S. The largest absolute Gasteiger partial charge is 0.315 e. The minimum Gasteiger partial charge on any atom is -0.315 e. The Balaban J connectivity index is 1.81. The number of hydrogen-bond acceptors (Lipinski definition) is 3. The summed E-state index contributed by atoms with van der Waals surface area (Å²) in [6, 6.07) is 8.92. The van der Waals surface area contributed by atoms with Crippen molar-refractivity contribution in [3.05, 3.63) is 40.9 Å². The molecule has 1 aliphatic carbocycles. The second-order valence-electron chi connectivity index (χ2n) is 4.56. The molecule has 0 radical (unpaired) electrons. The van der Waals surface area contributed by atoms with E-state index in [4.69, 9.17) is 0 Å². The third-order valence-electron chi connectivity index (χ3n) is 3.11. The van der Waals surface area contributed by atoms with Crippen LogP contribution in [-0.2, 0) is 6.54 Å². The highest BCUT2D eigenvalue weighted by atomic mass is 32.1. The fourth-order valence-corrected chi connectivity index (χ4v) is 2.94. The van der Waals surface area contributed by atoms with Crippen LogP contribution in [0.25, 0.3) is 10.6 Å². The summed E-state index contributed by atoms with van der Waals surface area (Å²) in [4.78, 5) is 5.76. The summed E-state index contributed by atoms with van der Waals surface area (Å²) < 4.78 is 0. The molecule has 17 heavy (non-hydrogen) atoms. The van der Waals surface area contributed by atoms with Crippen molar-refractivity contribution in [2.24, 2.45) is 0 Å².